The summed E-state index contributed by atoms with van der Waals surface area (Å²) < 4.78 is 0. The maximum absolute atomic E-state index is 12.5. The van der Waals surface area contributed by atoms with Crippen LogP contribution in [0.4, 0.5) is 0 Å². The Bertz CT molecular complexity index is 996. The fourth-order valence-electron chi connectivity index (χ4n) is 3.15. The summed E-state index contributed by atoms with van der Waals surface area (Å²) in [5.74, 6) is -0.575. The number of aliphatic hydroxyl groups is 1. The van der Waals surface area contributed by atoms with E-state index in [1.54, 1.807) is 24.3 Å². The lowest BCUT2D eigenvalue weighted by Gasteiger charge is -2.17. The van der Waals surface area contributed by atoms with Gasteiger partial charge in [0, 0.05) is 6.42 Å². The number of hydrogen-bond acceptors (Lipinski definition) is 4. The minimum absolute atomic E-state index is 0.0599. The molecular weight excluding hydrogens is 306 g/mol. The summed E-state index contributed by atoms with van der Waals surface area (Å²) >= 11 is 0. The second kappa shape index (κ2) is 5.58. The molecule has 0 spiro atoms. The summed E-state index contributed by atoms with van der Waals surface area (Å²) in [5, 5.41) is 13.4. The van der Waals surface area contributed by atoms with Crippen LogP contribution in [0.2, 0.25) is 0 Å². The highest BCUT2D eigenvalue weighted by Gasteiger charge is 2.32. The van der Waals surface area contributed by atoms with E-state index >= 15 is 0 Å². The van der Waals surface area contributed by atoms with Gasteiger partial charge in [-0.3, -0.25) is 9.59 Å². The van der Waals surface area contributed by atoms with E-state index in [0.29, 0.717) is 17.3 Å². The highest BCUT2D eigenvalue weighted by Crippen LogP contribution is 2.31. The average Bonchev–Trinajstić information content (AvgIpc) is 2.90. The number of carbonyl (C=O) groups is 1. The van der Waals surface area contributed by atoms with Crippen molar-refractivity contribution in [2.75, 3.05) is 0 Å². The van der Waals surface area contributed by atoms with Gasteiger partial charge < -0.3 is 15.4 Å². The number of benzene rings is 2. The maximum Gasteiger partial charge on any atom is 0.287 e. The summed E-state index contributed by atoms with van der Waals surface area (Å²) in [6.45, 7) is 0. The minimum Gasteiger partial charge on any atom is -0.390 e. The molecule has 3 aromatic rings. The maximum atomic E-state index is 12.5. The normalized spacial score (nSPS) is 19.2. The summed E-state index contributed by atoms with van der Waals surface area (Å²) in [5.41, 5.74) is 1.99. The zero-order chi connectivity index (χ0) is 16.7. The van der Waals surface area contributed by atoms with Gasteiger partial charge in [0.25, 0.3) is 11.5 Å². The number of aliphatic hydroxyl groups excluding tert-OH is 1. The Labute approximate surface area is 137 Å². The van der Waals surface area contributed by atoms with Gasteiger partial charge in [0.15, 0.2) is 5.82 Å². The smallest absolute Gasteiger partial charge is 0.287 e. The van der Waals surface area contributed by atoms with E-state index in [2.05, 4.69) is 15.3 Å². The Kier molecular flexibility index (Phi) is 3.39. The van der Waals surface area contributed by atoms with Crippen molar-refractivity contribution >= 4 is 16.8 Å². The zero-order valence-corrected chi connectivity index (χ0v) is 12.7. The fourth-order valence-corrected chi connectivity index (χ4v) is 3.15. The second-order valence-corrected chi connectivity index (χ2v) is 5.85. The third-order valence-corrected chi connectivity index (χ3v) is 4.32. The van der Waals surface area contributed by atoms with Crippen molar-refractivity contribution in [3.05, 3.63) is 75.8 Å². The monoisotopic (exact) mass is 321 g/mol. The van der Waals surface area contributed by atoms with Crippen LogP contribution >= 0.6 is 0 Å². The summed E-state index contributed by atoms with van der Waals surface area (Å²) in [6.07, 6.45) is -0.207. The second-order valence-electron chi connectivity index (χ2n) is 5.85. The van der Waals surface area contributed by atoms with Crippen LogP contribution in [0, 0.1) is 0 Å². The highest BCUT2D eigenvalue weighted by molar-refractivity contribution is 5.93. The summed E-state index contributed by atoms with van der Waals surface area (Å²) in [4.78, 5) is 31.3. The molecule has 6 heteroatoms. The molecule has 24 heavy (non-hydrogen) atoms. The number of nitrogens with zero attached hydrogens (tertiary/aromatic N) is 1. The van der Waals surface area contributed by atoms with Gasteiger partial charge in [0.05, 0.1) is 23.0 Å². The highest BCUT2D eigenvalue weighted by atomic mass is 16.3. The van der Waals surface area contributed by atoms with Gasteiger partial charge in [-0.15, -0.1) is 0 Å². The Morgan fingerprint density at radius 3 is 2.79 bits per heavy atom. The van der Waals surface area contributed by atoms with Crippen LogP contribution in [0.1, 0.15) is 27.8 Å². The molecule has 2 aromatic carbocycles. The van der Waals surface area contributed by atoms with Crippen molar-refractivity contribution in [1.82, 2.24) is 15.3 Å². The van der Waals surface area contributed by atoms with Gasteiger partial charge in [0.1, 0.15) is 0 Å². The van der Waals surface area contributed by atoms with Crippen LogP contribution in [0.3, 0.4) is 0 Å². The third kappa shape index (κ3) is 2.37. The third-order valence-electron chi connectivity index (χ3n) is 4.32. The predicted octanol–water partition coefficient (Wildman–Crippen LogP) is 1.31. The first kappa shape index (κ1) is 14.6. The van der Waals surface area contributed by atoms with Crippen LogP contribution in [0.15, 0.2) is 53.3 Å². The van der Waals surface area contributed by atoms with E-state index in [-0.39, 0.29) is 11.4 Å². The topological polar surface area (TPSA) is 95.1 Å². The average molecular weight is 321 g/mol. The zero-order valence-electron chi connectivity index (χ0n) is 12.7. The van der Waals surface area contributed by atoms with Crippen molar-refractivity contribution in [2.45, 2.75) is 18.6 Å². The Balaban J connectivity index is 1.67. The van der Waals surface area contributed by atoms with Gasteiger partial charge in [-0.25, -0.2) is 4.98 Å². The molecule has 1 aromatic heterocycles. The van der Waals surface area contributed by atoms with Gasteiger partial charge >= 0.3 is 0 Å². The molecule has 0 unspecified atom stereocenters. The molecule has 1 heterocycles. The van der Waals surface area contributed by atoms with E-state index in [1.807, 2.05) is 24.3 Å². The SMILES string of the molecule is O=C(N[C@@H]1c2ccccc2C[C@@H]1O)c1nc2ccccc2c(=O)[nH]1. The first-order valence-electron chi connectivity index (χ1n) is 7.69. The van der Waals surface area contributed by atoms with Crippen LogP contribution in [-0.2, 0) is 6.42 Å². The number of nitrogens with one attached hydrogen (secondary N) is 2. The Hall–Kier alpha value is -2.99. The lowest BCUT2D eigenvalue weighted by Crippen LogP contribution is -2.35. The largest absolute Gasteiger partial charge is 0.390 e. The number of amides is 1. The summed E-state index contributed by atoms with van der Waals surface area (Å²) in [7, 11) is 0. The molecule has 1 aliphatic carbocycles. The molecule has 0 saturated carbocycles. The number of hydrogen-bond donors (Lipinski definition) is 3. The predicted molar refractivity (Wildman–Crippen MR) is 88.7 cm³/mol. The first-order chi connectivity index (χ1) is 11.6. The van der Waals surface area contributed by atoms with Crippen LogP contribution in [0.5, 0.6) is 0 Å². The van der Waals surface area contributed by atoms with Gasteiger partial charge in [0.2, 0.25) is 0 Å². The quantitative estimate of drug-likeness (QED) is 0.663. The number of carbonyl (C=O) groups excluding carboxylic acids is 1. The van der Waals surface area contributed by atoms with Crippen molar-refractivity contribution < 1.29 is 9.90 Å². The minimum atomic E-state index is -0.696. The molecule has 6 nitrogen and oxygen atoms in total. The van der Waals surface area contributed by atoms with E-state index < -0.39 is 18.1 Å². The number of aromatic amines is 1. The molecule has 0 radical (unpaired) electrons. The van der Waals surface area contributed by atoms with Gasteiger partial charge in [-0.05, 0) is 23.3 Å². The number of rotatable bonds is 2. The Morgan fingerprint density at radius 1 is 1.17 bits per heavy atom. The molecule has 0 bridgehead atoms. The molecule has 0 aliphatic heterocycles. The van der Waals surface area contributed by atoms with Crippen molar-refractivity contribution in [1.29, 1.82) is 0 Å². The van der Waals surface area contributed by atoms with Crippen molar-refractivity contribution in [3.63, 3.8) is 0 Å². The Morgan fingerprint density at radius 2 is 1.92 bits per heavy atom. The lowest BCUT2D eigenvalue weighted by molar-refractivity contribution is 0.0848. The molecule has 4 rings (SSSR count). The number of aromatic nitrogens is 2. The number of H-pyrrole nitrogens is 1. The van der Waals surface area contributed by atoms with E-state index in [4.69, 9.17) is 0 Å². The molecule has 1 amide bonds. The molecule has 120 valence electrons. The first-order valence-corrected chi connectivity index (χ1v) is 7.69. The number of fused-ring (bicyclic) bond motifs is 2. The van der Waals surface area contributed by atoms with Crippen LogP contribution in [-0.4, -0.2) is 27.1 Å². The lowest BCUT2D eigenvalue weighted by atomic mass is 10.1. The van der Waals surface area contributed by atoms with E-state index in [0.717, 1.165) is 11.1 Å². The molecular formula is C18H15N3O3. The summed E-state index contributed by atoms with van der Waals surface area (Å²) in [6, 6.07) is 13.9. The molecule has 2 atom stereocenters. The van der Waals surface area contributed by atoms with Crippen LogP contribution in [0.25, 0.3) is 10.9 Å². The van der Waals surface area contributed by atoms with Crippen molar-refractivity contribution in [3.8, 4) is 0 Å². The molecule has 1 aliphatic rings. The number of para-hydroxylation sites is 1. The van der Waals surface area contributed by atoms with E-state index in [9.17, 15) is 14.7 Å². The van der Waals surface area contributed by atoms with Gasteiger partial charge in [-0.2, -0.15) is 0 Å². The van der Waals surface area contributed by atoms with Crippen molar-refractivity contribution in [2.24, 2.45) is 0 Å². The van der Waals surface area contributed by atoms with E-state index in [1.165, 1.54) is 0 Å². The molecule has 0 saturated heterocycles. The van der Waals surface area contributed by atoms with Crippen LogP contribution < -0.4 is 10.9 Å². The molecule has 0 fully saturated rings. The standard InChI is InChI=1S/C18H15N3O3/c22-14-9-10-5-1-2-6-11(10)15(14)20-18(24)16-19-13-8-4-3-7-12(13)17(23)21-16/h1-8,14-15,22H,9H2,(H,20,24)(H,19,21,23)/t14-,15+/m0/s1. The van der Waals surface area contributed by atoms with Gasteiger partial charge in [-0.1, -0.05) is 36.4 Å². The fraction of sp³-hybridized carbons (Fsp3) is 0.167. The molecule has 3 N–H and O–H groups in total.